The van der Waals surface area contributed by atoms with E-state index in [0.29, 0.717) is 39.4 Å². The zero-order valence-electron chi connectivity index (χ0n) is 15.2. The molecule has 2 aliphatic rings. The lowest BCUT2D eigenvalue weighted by Crippen LogP contribution is -2.49. The first-order chi connectivity index (χ1) is 13.0. The number of hydrogen-bond acceptors (Lipinski definition) is 8. The van der Waals surface area contributed by atoms with Crippen LogP contribution in [0.1, 0.15) is 0 Å². The van der Waals surface area contributed by atoms with Crippen LogP contribution in [0.5, 0.6) is 0 Å². The van der Waals surface area contributed by atoms with Gasteiger partial charge in [0.2, 0.25) is 0 Å². The van der Waals surface area contributed by atoms with Gasteiger partial charge < -0.3 is 19.1 Å². The third-order valence-electron chi connectivity index (χ3n) is 4.82. The van der Waals surface area contributed by atoms with Crippen LogP contribution in [-0.2, 0) is 21.8 Å². The zero-order valence-corrected chi connectivity index (χ0v) is 16.0. The number of imidazole rings is 1. The van der Waals surface area contributed by atoms with Gasteiger partial charge in [-0.2, -0.15) is 4.31 Å². The van der Waals surface area contributed by atoms with Crippen LogP contribution in [0, 0.1) is 0 Å². The largest absolute Gasteiger partial charge is 0.378 e. The highest BCUT2D eigenvalue weighted by Crippen LogP contribution is 2.20. The van der Waals surface area contributed by atoms with Crippen molar-refractivity contribution in [3.63, 3.8) is 0 Å². The maximum Gasteiger partial charge on any atom is 0.262 e. The fourth-order valence-corrected chi connectivity index (χ4v) is 4.65. The molecular formula is C16H23N7O3S. The SMILES string of the molecule is Cn1cnc(S(=O)(=O)N2CCN(c3ccc(N4CCOCC4)nn3)CC2)c1. The number of sulfonamides is 1. The summed E-state index contributed by atoms with van der Waals surface area (Å²) in [5, 5.41) is 8.76. The van der Waals surface area contributed by atoms with E-state index >= 15 is 0 Å². The van der Waals surface area contributed by atoms with Gasteiger partial charge in [-0.05, 0) is 12.1 Å². The van der Waals surface area contributed by atoms with Crippen LogP contribution in [0.25, 0.3) is 0 Å². The fraction of sp³-hybridized carbons (Fsp3) is 0.562. The van der Waals surface area contributed by atoms with Gasteiger partial charge >= 0.3 is 0 Å². The normalized spacial score (nSPS) is 19.4. The molecule has 10 nitrogen and oxygen atoms in total. The van der Waals surface area contributed by atoms with Gasteiger partial charge in [0.25, 0.3) is 10.0 Å². The predicted molar refractivity (Wildman–Crippen MR) is 99.2 cm³/mol. The van der Waals surface area contributed by atoms with Crippen LogP contribution >= 0.6 is 0 Å². The van der Waals surface area contributed by atoms with Gasteiger partial charge in [-0.1, -0.05) is 0 Å². The van der Waals surface area contributed by atoms with Gasteiger partial charge in [-0.15, -0.1) is 10.2 Å². The molecule has 2 saturated heterocycles. The second-order valence-electron chi connectivity index (χ2n) is 6.62. The lowest BCUT2D eigenvalue weighted by molar-refractivity contribution is 0.122. The van der Waals surface area contributed by atoms with Crippen molar-refractivity contribution in [2.45, 2.75) is 5.03 Å². The van der Waals surface area contributed by atoms with E-state index in [-0.39, 0.29) is 5.03 Å². The first-order valence-corrected chi connectivity index (χ1v) is 10.4. The number of ether oxygens (including phenoxy) is 1. The monoisotopic (exact) mass is 393 g/mol. The Kier molecular flexibility index (Phi) is 4.98. The average Bonchev–Trinajstić information content (AvgIpc) is 3.16. The number of morpholine rings is 1. The molecule has 0 N–H and O–H groups in total. The fourth-order valence-electron chi connectivity index (χ4n) is 3.26. The predicted octanol–water partition coefficient (Wildman–Crippen LogP) is -0.442. The molecule has 0 spiro atoms. The van der Waals surface area contributed by atoms with Gasteiger partial charge in [0, 0.05) is 52.5 Å². The summed E-state index contributed by atoms with van der Waals surface area (Å²) in [7, 11) is -1.79. The maximum absolute atomic E-state index is 12.7. The minimum absolute atomic E-state index is 0.0908. The summed E-state index contributed by atoms with van der Waals surface area (Å²) in [6.45, 7) is 4.97. The molecule has 2 fully saturated rings. The Balaban J connectivity index is 1.39. The van der Waals surface area contributed by atoms with Crippen LogP contribution in [-0.4, -0.2) is 85.0 Å². The Labute approximate surface area is 158 Å². The molecule has 27 heavy (non-hydrogen) atoms. The molecule has 0 unspecified atom stereocenters. The van der Waals surface area contributed by atoms with Gasteiger partial charge in [-0.25, -0.2) is 13.4 Å². The Morgan fingerprint density at radius 3 is 2.04 bits per heavy atom. The summed E-state index contributed by atoms with van der Waals surface area (Å²) in [5.74, 6) is 1.61. The molecule has 0 aliphatic carbocycles. The molecular weight excluding hydrogens is 370 g/mol. The molecule has 2 aromatic heterocycles. The number of nitrogens with zero attached hydrogens (tertiary/aromatic N) is 7. The third-order valence-corrected chi connectivity index (χ3v) is 6.60. The summed E-state index contributed by atoms with van der Waals surface area (Å²) in [6.07, 6.45) is 3.02. The van der Waals surface area contributed by atoms with Gasteiger partial charge in [0.1, 0.15) is 0 Å². The van der Waals surface area contributed by atoms with E-state index in [4.69, 9.17) is 4.74 Å². The molecule has 11 heteroatoms. The van der Waals surface area contributed by atoms with Gasteiger partial charge in [0.05, 0.1) is 19.5 Å². The van der Waals surface area contributed by atoms with E-state index in [9.17, 15) is 8.42 Å². The highest BCUT2D eigenvalue weighted by molar-refractivity contribution is 7.89. The zero-order chi connectivity index (χ0) is 18.9. The lowest BCUT2D eigenvalue weighted by Gasteiger charge is -2.34. The van der Waals surface area contributed by atoms with E-state index in [1.165, 1.54) is 16.8 Å². The summed E-state index contributed by atoms with van der Waals surface area (Å²) in [6, 6.07) is 3.91. The van der Waals surface area contributed by atoms with Crippen molar-refractivity contribution in [3.8, 4) is 0 Å². The summed E-state index contributed by atoms with van der Waals surface area (Å²) in [5.41, 5.74) is 0. The van der Waals surface area contributed by atoms with Crippen molar-refractivity contribution in [2.24, 2.45) is 7.05 Å². The van der Waals surface area contributed by atoms with Crippen LogP contribution in [0.3, 0.4) is 0 Å². The first kappa shape index (κ1) is 18.1. The second kappa shape index (κ2) is 7.41. The Bertz CT molecular complexity index is 870. The summed E-state index contributed by atoms with van der Waals surface area (Å²) < 4.78 is 33.8. The Morgan fingerprint density at radius 1 is 0.926 bits per heavy atom. The second-order valence-corrected chi connectivity index (χ2v) is 8.50. The third kappa shape index (κ3) is 3.75. The number of hydrogen-bond donors (Lipinski definition) is 0. The van der Waals surface area contributed by atoms with E-state index in [1.807, 2.05) is 12.1 Å². The highest BCUT2D eigenvalue weighted by Gasteiger charge is 2.30. The van der Waals surface area contributed by atoms with E-state index in [1.54, 1.807) is 11.6 Å². The number of piperazine rings is 1. The van der Waals surface area contributed by atoms with Crippen LogP contribution in [0.2, 0.25) is 0 Å². The molecule has 0 radical (unpaired) electrons. The summed E-state index contributed by atoms with van der Waals surface area (Å²) in [4.78, 5) is 8.18. The van der Waals surface area contributed by atoms with Crippen molar-refractivity contribution < 1.29 is 13.2 Å². The smallest absolute Gasteiger partial charge is 0.262 e. The maximum atomic E-state index is 12.7. The quantitative estimate of drug-likeness (QED) is 0.690. The molecule has 0 saturated carbocycles. The molecule has 2 aliphatic heterocycles. The molecule has 146 valence electrons. The highest BCUT2D eigenvalue weighted by atomic mass is 32.2. The molecule has 0 atom stereocenters. The Morgan fingerprint density at radius 2 is 1.52 bits per heavy atom. The number of anilines is 2. The Hall–Kier alpha value is -2.24. The lowest BCUT2D eigenvalue weighted by atomic mass is 10.3. The number of rotatable bonds is 4. The molecule has 4 heterocycles. The first-order valence-electron chi connectivity index (χ1n) is 8.93. The topological polar surface area (TPSA) is 96.7 Å². The van der Waals surface area contributed by atoms with E-state index in [2.05, 4.69) is 25.0 Å². The van der Waals surface area contributed by atoms with Crippen LogP contribution in [0.4, 0.5) is 11.6 Å². The number of aromatic nitrogens is 4. The molecule has 0 bridgehead atoms. The molecule has 0 amide bonds. The van der Waals surface area contributed by atoms with Crippen molar-refractivity contribution in [1.29, 1.82) is 0 Å². The minimum Gasteiger partial charge on any atom is -0.378 e. The van der Waals surface area contributed by atoms with E-state index in [0.717, 1.165) is 24.7 Å². The minimum atomic E-state index is -3.55. The van der Waals surface area contributed by atoms with Crippen molar-refractivity contribution in [3.05, 3.63) is 24.7 Å². The van der Waals surface area contributed by atoms with Gasteiger partial charge in [0.15, 0.2) is 16.7 Å². The van der Waals surface area contributed by atoms with Crippen molar-refractivity contribution in [2.75, 3.05) is 62.3 Å². The van der Waals surface area contributed by atoms with E-state index < -0.39 is 10.0 Å². The number of aryl methyl sites for hydroxylation is 1. The van der Waals surface area contributed by atoms with Crippen molar-refractivity contribution in [1.82, 2.24) is 24.1 Å². The average molecular weight is 393 g/mol. The molecule has 0 aromatic carbocycles. The molecule has 2 aromatic rings. The molecule has 4 rings (SSSR count). The standard InChI is InChI=1S/C16H23N7O3S/c1-20-12-16(17-13-20)27(24,25)23-6-4-21(5-7-23)14-2-3-15(19-18-14)22-8-10-26-11-9-22/h2-3,12-13H,4-11H2,1H3. The summed E-state index contributed by atoms with van der Waals surface area (Å²) >= 11 is 0. The van der Waals surface area contributed by atoms with Crippen LogP contribution in [0.15, 0.2) is 29.7 Å². The van der Waals surface area contributed by atoms with Crippen molar-refractivity contribution >= 4 is 21.7 Å². The van der Waals surface area contributed by atoms with Gasteiger partial charge in [-0.3, -0.25) is 0 Å². The van der Waals surface area contributed by atoms with Crippen LogP contribution < -0.4 is 9.80 Å².